The minimum Gasteiger partial charge on any atom is -0.494 e. The Morgan fingerprint density at radius 2 is 1.62 bits per heavy atom. The fourth-order valence-corrected chi connectivity index (χ4v) is 3.41. The summed E-state index contributed by atoms with van der Waals surface area (Å²) in [4.78, 5) is 10.0. The number of fused-ring (bicyclic) bond motifs is 1. The van der Waals surface area contributed by atoms with Crippen LogP contribution >= 0.6 is 0 Å². The minimum absolute atomic E-state index is 0.526. The first kappa shape index (κ1) is 20.3. The van der Waals surface area contributed by atoms with Crippen molar-refractivity contribution in [2.24, 2.45) is 0 Å². The fourth-order valence-electron chi connectivity index (χ4n) is 3.41. The van der Waals surface area contributed by atoms with Gasteiger partial charge in [0.25, 0.3) is 6.47 Å². The third-order valence-electron chi connectivity index (χ3n) is 5.22. The van der Waals surface area contributed by atoms with E-state index in [-0.39, 0.29) is 0 Å². The maximum absolute atomic E-state index is 10.0. The Hall–Kier alpha value is -2.03. The first-order chi connectivity index (χ1) is 12.6. The Morgan fingerprint density at radius 1 is 0.962 bits per heavy atom. The Kier molecular flexibility index (Phi) is 8.46. The monoisotopic (exact) mass is 356 g/mol. The zero-order valence-corrected chi connectivity index (χ0v) is 16.3. The van der Waals surface area contributed by atoms with Gasteiger partial charge >= 0.3 is 0 Å². The van der Waals surface area contributed by atoms with E-state index in [1.807, 2.05) is 0 Å². The molecule has 0 radical (unpaired) electrons. The molecular formula is C23H32O3. The number of carbonyl (C=O) groups excluding carboxylic acids is 1. The average Bonchev–Trinajstić information content (AvgIpc) is 2.64. The van der Waals surface area contributed by atoms with E-state index in [0.29, 0.717) is 13.1 Å². The molecule has 1 aliphatic carbocycles. The van der Waals surface area contributed by atoms with E-state index in [4.69, 9.17) is 4.74 Å². The molecule has 0 fully saturated rings. The molecule has 3 heteroatoms. The molecule has 0 unspecified atom stereocenters. The van der Waals surface area contributed by atoms with Gasteiger partial charge in [-0.2, -0.15) is 0 Å². The SMILES string of the molecule is C=C1Cc2cc(OCCCCCCCCCOC=O)ccc2C(C)=C1C. The molecule has 3 nitrogen and oxygen atoms in total. The molecule has 26 heavy (non-hydrogen) atoms. The van der Waals surface area contributed by atoms with E-state index < -0.39 is 0 Å². The van der Waals surface area contributed by atoms with Gasteiger partial charge in [-0.25, -0.2) is 0 Å². The van der Waals surface area contributed by atoms with Gasteiger partial charge in [-0.3, -0.25) is 4.79 Å². The highest BCUT2D eigenvalue weighted by Gasteiger charge is 2.16. The molecule has 2 rings (SSSR count). The van der Waals surface area contributed by atoms with Gasteiger partial charge in [-0.05, 0) is 73.1 Å². The molecule has 0 saturated heterocycles. The highest BCUT2D eigenvalue weighted by Crippen LogP contribution is 2.35. The largest absolute Gasteiger partial charge is 0.494 e. The summed E-state index contributed by atoms with van der Waals surface area (Å²) in [7, 11) is 0. The smallest absolute Gasteiger partial charge is 0.293 e. The first-order valence-corrected chi connectivity index (χ1v) is 9.80. The van der Waals surface area contributed by atoms with Gasteiger partial charge in [0.15, 0.2) is 0 Å². The van der Waals surface area contributed by atoms with Crippen LogP contribution < -0.4 is 4.74 Å². The van der Waals surface area contributed by atoms with Crippen molar-refractivity contribution in [3.8, 4) is 5.75 Å². The fraction of sp³-hybridized carbons (Fsp3) is 0.522. The van der Waals surface area contributed by atoms with E-state index in [1.54, 1.807) is 0 Å². The van der Waals surface area contributed by atoms with Gasteiger partial charge in [-0.15, -0.1) is 0 Å². The van der Waals surface area contributed by atoms with Crippen LogP contribution in [0, 0.1) is 0 Å². The molecule has 0 atom stereocenters. The maximum atomic E-state index is 10.0. The van der Waals surface area contributed by atoms with Crippen molar-refractivity contribution in [3.05, 3.63) is 47.1 Å². The van der Waals surface area contributed by atoms with Crippen LogP contribution in [0.25, 0.3) is 5.57 Å². The lowest BCUT2D eigenvalue weighted by molar-refractivity contribution is -0.128. The summed E-state index contributed by atoms with van der Waals surface area (Å²) in [5, 5.41) is 0. The van der Waals surface area contributed by atoms with Crippen LogP contribution in [0.4, 0.5) is 0 Å². The Balaban J connectivity index is 1.62. The standard InChI is InChI=1S/C23H32O3/c1-18-15-21-16-22(11-12-23(21)20(3)19(18)2)26-14-10-8-6-4-5-7-9-13-25-17-24/h11-12,16-17H,1,4-10,13-15H2,2-3H3. The van der Waals surface area contributed by atoms with Crippen LogP contribution in [0.2, 0.25) is 0 Å². The summed E-state index contributed by atoms with van der Waals surface area (Å²) < 4.78 is 10.6. The van der Waals surface area contributed by atoms with Crippen molar-refractivity contribution < 1.29 is 14.3 Å². The van der Waals surface area contributed by atoms with Crippen molar-refractivity contribution in [2.75, 3.05) is 13.2 Å². The topological polar surface area (TPSA) is 35.5 Å². The molecule has 0 amide bonds. The number of hydrogen-bond acceptors (Lipinski definition) is 3. The maximum Gasteiger partial charge on any atom is 0.293 e. The quantitative estimate of drug-likeness (QED) is 0.347. The van der Waals surface area contributed by atoms with Crippen molar-refractivity contribution in [1.29, 1.82) is 0 Å². The number of rotatable bonds is 12. The molecule has 0 aliphatic heterocycles. The zero-order valence-electron chi connectivity index (χ0n) is 16.3. The summed E-state index contributed by atoms with van der Waals surface area (Å²) in [5.74, 6) is 0.971. The van der Waals surface area contributed by atoms with Crippen LogP contribution in [-0.2, 0) is 16.0 Å². The Labute approximate surface area is 158 Å². The number of benzene rings is 1. The number of allylic oxidation sites excluding steroid dienone is 3. The van der Waals surface area contributed by atoms with Crippen LogP contribution in [-0.4, -0.2) is 19.7 Å². The van der Waals surface area contributed by atoms with Gasteiger partial charge in [0.2, 0.25) is 0 Å². The van der Waals surface area contributed by atoms with Crippen molar-refractivity contribution in [1.82, 2.24) is 0 Å². The Bertz CT molecular complexity index is 643. The highest BCUT2D eigenvalue weighted by atomic mass is 16.5. The molecule has 0 N–H and O–H groups in total. The van der Waals surface area contributed by atoms with Gasteiger partial charge in [0.1, 0.15) is 5.75 Å². The lowest BCUT2D eigenvalue weighted by Crippen LogP contribution is -2.05. The molecule has 0 aromatic heterocycles. The third-order valence-corrected chi connectivity index (χ3v) is 5.22. The second-order valence-electron chi connectivity index (χ2n) is 7.14. The van der Waals surface area contributed by atoms with E-state index in [0.717, 1.165) is 38.0 Å². The molecule has 0 heterocycles. The van der Waals surface area contributed by atoms with Gasteiger partial charge in [-0.1, -0.05) is 44.7 Å². The van der Waals surface area contributed by atoms with Crippen molar-refractivity contribution in [3.63, 3.8) is 0 Å². The molecule has 0 spiro atoms. The van der Waals surface area contributed by atoms with Crippen LogP contribution in [0.15, 0.2) is 35.9 Å². The molecule has 142 valence electrons. The number of hydrogen-bond donors (Lipinski definition) is 0. The number of carbonyl (C=O) groups is 1. The molecule has 1 aliphatic rings. The molecule has 0 saturated carbocycles. The summed E-state index contributed by atoms with van der Waals surface area (Å²) in [6.45, 7) is 10.4. The lowest BCUT2D eigenvalue weighted by atomic mass is 9.84. The third kappa shape index (κ3) is 6.05. The Morgan fingerprint density at radius 3 is 2.31 bits per heavy atom. The predicted molar refractivity (Wildman–Crippen MR) is 107 cm³/mol. The molecule has 0 bridgehead atoms. The summed E-state index contributed by atoms with van der Waals surface area (Å²) in [6.07, 6.45) is 9.03. The summed E-state index contributed by atoms with van der Waals surface area (Å²) >= 11 is 0. The average molecular weight is 357 g/mol. The van der Waals surface area contributed by atoms with E-state index in [9.17, 15) is 4.79 Å². The van der Waals surface area contributed by atoms with Gasteiger partial charge < -0.3 is 9.47 Å². The molecule has 1 aromatic carbocycles. The number of ether oxygens (including phenoxy) is 2. The van der Waals surface area contributed by atoms with Crippen molar-refractivity contribution in [2.45, 2.75) is 65.2 Å². The zero-order chi connectivity index (χ0) is 18.8. The van der Waals surface area contributed by atoms with Crippen molar-refractivity contribution >= 4 is 12.0 Å². The summed E-state index contributed by atoms with van der Waals surface area (Å²) in [6, 6.07) is 6.45. The molecular weight excluding hydrogens is 324 g/mol. The second-order valence-corrected chi connectivity index (χ2v) is 7.14. The van der Waals surface area contributed by atoms with Crippen LogP contribution in [0.3, 0.4) is 0 Å². The lowest BCUT2D eigenvalue weighted by Gasteiger charge is -2.22. The predicted octanol–water partition coefficient (Wildman–Crippen LogP) is 5.87. The van der Waals surface area contributed by atoms with Crippen LogP contribution in [0.5, 0.6) is 5.75 Å². The minimum atomic E-state index is 0.526. The molecule has 1 aromatic rings. The second kappa shape index (κ2) is 10.8. The van der Waals surface area contributed by atoms with E-state index >= 15 is 0 Å². The first-order valence-electron chi connectivity index (χ1n) is 9.80. The van der Waals surface area contributed by atoms with E-state index in [2.05, 4.69) is 43.4 Å². The van der Waals surface area contributed by atoms with Gasteiger partial charge in [0.05, 0.1) is 13.2 Å². The van der Waals surface area contributed by atoms with Gasteiger partial charge in [0, 0.05) is 0 Å². The highest BCUT2D eigenvalue weighted by molar-refractivity contribution is 5.76. The van der Waals surface area contributed by atoms with Crippen LogP contribution in [0.1, 0.15) is 69.9 Å². The van der Waals surface area contributed by atoms with E-state index in [1.165, 1.54) is 53.5 Å². The normalized spacial score (nSPS) is 13.5. The summed E-state index contributed by atoms with van der Waals surface area (Å²) in [5.41, 5.74) is 6.53. The number of unbranched alkanes of at least 4 members (excludes halogenated alkanes) is 6.